The van der Waals surface area contributed by atoms with Gasteiger partial charge in [0.05, 0.1) is 6.04 Å². The first-order chi connectivity index (χ1) is 8.29. The Morgan fingerprint density at radius 1 is 1.44 bits per heavy atom. The zero-order valence-electron chi connectivity index (χ0n) is 10.7. The summed E-state index contributed by atoms with van der Waals surface area (Å²) in [7, 11) is 0. The van der Waals surface area contributed by atoms with E-state index in [-0.39, 0.29) is 24.4 Å². The highest BCUT2D eigenvalue weighted by Gasteiger charge is 2.20. The van der Waals surface area contributed by atoms with Gasteiger partial charge in [-0.2, -0.15) is 0 Å². The Hall–Kier alpha value is -1.06. The van der Waals surface area contributed by atoms with Crippen LogP contribution in [0.5, 0.6) is 0 Å². The second-order valence-corrected chi connectivity index (χ2v) is 4.55. The van der Waals surface area contributed by atoms with Crippen molar-refractivity contribution in [3.63, 3.8) is 0 Å². The van der Waals surface area contributed by atoms with Crippen molar-refractivity contribution in [2.75, 3.05) is 11.9 Å². The molecule has 1 aliphatic heterocycles. The van der Waals surface area contributed by atoms with Crippen molar-refractivity contribution in [3.05, 3.63) is 29.8 Å². The van der Waals surface area contributed by atoms with Crippen molar-refractivity contribution < 1.29 is 4.79 Å². The number of carbonyl (C=O) groups excluding carboxylic acids is 1. The van der Waals surface area contributed by atoms with Gasteiger partial charge in [0, 0.05) is 5.69 Å². The molecule has 18 heavy (non-hydrogen) atoms. The molecule has 3 nitrogen and oxygen atoms in total. The summed E-state index contributed by atoms with van der Waals surface area (Å²) in [5, 5.41) is 6.24. The maximum atomic E-state index is 12.0. The minimum Gasteiger partial charge on any atom is -0.325 e. The zero-order chi connectivity index (χ0) is 12.1. The summed E-state index contributed by atoms with van der Waals surface area (Å²) >= 11 is 0. The van der Waals surface area contributed by atoms with Crippen LogP contribution in [0, 0.1) is 0 Å². The number of anilines is 1. The third-order valence-corrected chi connectivity index (χ3v) is 3.23. The van der Waals surface area contributed by atoms with Gasteiger partial charge in [-0.15, -0.1) is 12.4 Å². The van der Waals surface area contributed by atoms with Gasteiger partial charge in [0.2, 0.25) is 5.91 Å². The average molecular weight is 269 g/mol. The third kappa shape index (κ3) is 4.00. The first-order valence-electron chi connectivity index (χ1n) is 6.43. The van der Waals surface area contributed by atoms with Gasteiger partial charge >= 0.3 is 0 Å². The second kappa shape index (κ2) is 7.39. The number of aryl methyl sites for hydroxylation is 1. The molecule has 1 aromatic carbocycles. The molecule has 2 N–H and O–H groups in total. The molecule has 1 atom stereocenters. The van der Waals surface area contributed by atoms with Crippen molar-refractivity contribution in [1.82, 2.24) is 5.32 Å². The molecule has 1 amide bonds. The highest BCUT2D eigenvalue weighted by Crippen LogP contribution is 2.13. The van der Waals surface area contributed by atoms with E-state index in [1.165, 1.54) is 12.0 Å². The van der Waals surface area contributed by atoms with E-state index in [0.29, 0.717) is 0 Å². The molecule has 0 radical (unpaired) electrons. The van der Waals surface area contributed by atoms with E-state index in [2.05, 4.69) is 23.6 Å². The van der Waals surface area contributed by atoms with Crippen molar-refractivity contribution in [2.24, 2.45) is 0 Å². The molecule has 1 heterocycles. The fourth-order valence-electron chi connectivity index (χ4n) is 2.17. The minimum absolute atomic E-state index is 0. The Morgan fingerprint density at radius 2 is 2.28 bits per heavy atom. The molecule has 1 aliphatic rings. The molecular formula is C14H21ClN2O. The Bertz CT molecular complexity index is 389. The van der Waals surface area contributed by atoms with Crippen LogP contribution < -0.4 is 10.6 Å². The van der Waals surface area contributed by atoms with Crippen LogP contribution >= 0.6 is 12.4 Å². The fraction of sp³-hybridized carbons (Fsp3) is 0.500. The maximum Gasteiger partial charge on any atom is 0.241 e. The van der Waals surface area contributed by atoms with Crippen molar-refractivity contribution in [1.29, 1.82) is 0 Å². The van der Waals surface area contributed by atoms with Gasteiger partial charge in [0.25, 0.3) is 0 Å². The van der Waals surface area contributed by atoms with E-state index in [1.54, 1.807) is 0 Å². The minimum atomic E-state index is -0.0194. The molecule has 0 unspecified atom stereocenters. The highest BCUT2D eigenvalue weighted by molar-refractivity contribution is 5.94. The summed E-state index contributed by atoms with van der Waals surface area (Å²) in [6.45, 7) is 3.07. The van der Waals surface area contributed by atoms with Crippen LogP contribution in [0.15, 0.2) is 24.3 Å². The monoisotopic (exact) mass is 268 g/mol. The van der Waals surface area contributed by atoms with Crippen molar-refractivity contribution in [2.45, 2.75) is 38.6 Å². The van der Waals surface area contributed by atoms with Crippen molar-refractivity contribution in [3.8, 4) is 0 Å². The first kappa shape index (κ1) is 15.0. The molecule has 0 aliphatic carbocycles. The van der Waals surface area contributed by atoms with Crippen LogP contribution in [0.2, 0.25) is 0 Å². The van der Waals surface area contributed by atoms with Gasteiger partial charge in [0.15, 0.2) is 0 Å². The van der Waals surface area contributed by atoms with Crippen LogP contribution in [0.1, 0.15) is 31.7 Å². The summed E-state index contributed by atoms with van der Waals surface area (Å²) in [4.78, 5) is 12.0. The Balaban J connectivity index is 0.00000162. The van der Waals surface area contributed by atoms with Gasteiger partial charge in [-0.25, -0.2) is 0 Å². The number of piperidine rings is 1. The summed E-state index contributed by atoms with van der Waals surface area (Å²) in [6.07, 6.45) is 4.25. The molecule has 0 bridgehead atoms. The van der Waals surface area contributed by atoms with Gasteiger partial charge in [-0.05, 0) is 43.5 Å². The van der Waals surface area contributed by atoms with E-state index in [0.717, 1.165) is 31.5 Å². The summed E-state index contributed by atoms with van der Waals surface area (Å²) in [6, 6.07) is 8.03. The van der Waals surface area contributed by atoms with E-state index < -0.39 is 0 Å². The average Bonchev–Trinajstić information content (AvgIpc) is 2.40. The standard InChI is InChI=1S/C14H20N2O.ClH/c1-2-11-6-5-7-12(10-11)16-14(17)13-8-3-4-9-15-13;/h5-7,10,13,15H,2-4,8-9H2,1H3,(H,16,17);1H/t13-;/m0./s1. The molecule has 1 aromatic rings. The van der Waals surface area contributed by atoms with Crippen molar-refractivity contribution >= 4 is 24.0 Å². The van der Waals surface area contributed by atoms with Gasteiger partial charge in [0.1, 0.15) is 0 Å². The Morgan fingerprint density at radius 3 is 2.94 bits per heavy atom. The normalized spacial score (nSPS) is 18.8. The molecule has 1 fully saturated rings. The lowest BCUT2D eigenvalue weighted by molar-refractivity contribution is -0.118. The topological polar surface area (TPSA) is 41.1 Å². The Labute approximate surface area is 115 Å². The quantitative estimate of drug-likeness (QED) is 0.885. The smallest absolute Gasteiger partial charge is 0.241 e. The van der Waals surface area contributed by atoms with Gasteiger partial charge < -0.3 is 10.6 Å². The molecule has 0 saturated carbocycles. The predicted octanol–water partition coefficient (Wildman–Crippen LogP) is 2.75. The lowest BCUT2D eigenvalue weighted by Gasteiger charge is -2.22. The number of halogens is 1. The number of rotatable bonds is 3. The van der Waals surface area contributed by atoms with Crippen LogP contribution in [-0.4, -0.2) is 18.5 Å². The number of hydrogen-bond donors (Lipinski definition) is 2. The second-order valence-electron chi connectivity index (χ2n) is 4.55. The molecule has 0 spiro atoms. The maximum absolute atomic E-state index is 12.0. The van der Waals surface area contributed by atoms with Crippen LogP contribution in [0.3, 0.4) is 0 Å². The largest absolute Gasteiger partial charge is 0.325 e. The zero-order valence-corrected chi connectivity index (χ0v) is 11.6. The van der Waals surface area contributed by atoms with E-state index in [1.807, 2.05) is 18.2 Å². The lowest BCUT2D eigenvalue weighted by Crippen LogP contribution is -2.43. The van der Waals surface area contributed by atoms with Crippen LogP contribution in [-0.2, 0) is 11.2 Å². The number of carbonyl (C=O) groups is 1. The van der Waals surface area contributed by atoms with Crippen LogP contribution in [0.25, 0.3) is 0 Å². The first-order valence-corrected chi connectivity index (χ1v) is 6.43. The molecular weight excluding hydrogens is 248 g/mol. The molecule has 100 valence electrons. The molecule has 0 aromatic heterocycles. The number of hydrogen-bond acceptors (Lipinski definition) is 2. The molecule has 2 rings (SSSR count). The van der Waals surface area contributed by atoms with Gasteiger partial charge in [-0.1, -0.05) is 25.5 Å². The van der Waals surface area contributed by atoms with Crippen LogP contribution in [0.4, 0.5) is 5.69 Å². The lowest BCUT2D eigenvalue weighted by atomic mass is 10.0. The van der Waals surface area contributed by atoms with E-state index in [4.69, 9.17) is 0 Å². The number of nitrogens with one attached hydrogen (secondary N) is 2. The molecule has 1 saturated heterocycles. The fourth-order valence-corrected chi connectivity index (χ4v) is 2.17. The van der Waals surface area contributed by atoms with Gasteiger partial charge in [-0.3, -0.25) is 4.79 Å². The number of amides is 1. The molecule has 4 heteroatoms. The summed E-state index contributed by atoms with van der Waals surface area (Å²) in [5.41, 5.74) is 2.15. The third-order valence-electron chi connectivity index (χ3n) is 3.23. The van der Waals surface area contributed by atoms with E-state index in [9.17, 15) is 4.79 Å². The highest BCUT2D eigenvalue weighted by atomic mass is 35.5. The SMILES string of the molecule is CCc1cccc(NC(=O)[C@@H]2CCCCN2)c1.Cl. The Kier molecular flexibility index (Phi) is 6.16. The van der Waals surface area contributed by atoms with E-state index >= 15 is 0 Å². The summed E-state index contributed by atoms with van der Waals surface area (Å²) in [5.74, 6) is 0.0953. The summed E-state index contributed by atoms with van der Waals surface area (Å²) < 4.78 is 0. The number of benzene rings is 1. The predicted molar refractivity (Wildman–Crippen MR) is 77.3 cm³/mol.